The minimum atomic E-state index is -0.818. The van der Waals surface area contributed by atoms with Gasteiger partial charge in [-0.25, -0.2) is 14.2 Å². The van der Waals surface area contributed by atoms with Gasteiger partial charge < -0.3 is 15.7 Å². The lowest BCUT2D eigenvalue weighted by Gasteiger charge is -2.17. The van der Waals surface area contributed by atoms with Crippen LogP contribution >= 0.6 is 11.3 Å². The van der Waals surface area contributed by atoms with E-state index >= 15 is 0 Å². The fraction of sp³-hybridized carbons (Fsp3) is 0.227. The third-order valence-corrected chi connectivity index (χ3v) is 5.75. The number of aliphatic carboxylic acids is 1. The number of thiazole rings is 1. The average molecular weight is 428 g/mol. The van der Waals surface area contributed by atoms with Gasteiger partial charge in [-0.05, 0) is 50.1 Å². The summed E-state index contributed by atoms with van der Waals surface area (Å²) in [7, 11) is 0. The largest absolute Gasteiger partial charge is 0.481 e. The summed E-state index contributed by atoms with van der Waals surface area (Å²) < 4.78 is 13.6. The summed E-state index contributed by atoms with van der Waals surface area (Å²) >= 11 is 1.52. The van der Waals surface area contributed by atoms with Crippen LogP contribution in [-0.4, -0.2) is 22.1 Å². The van der Waals surface area contributed by atoms with Gasteiger partial charge in [0.05, 0.1) is 21.0 Å². The molecule has 8 heteroatoms. The van der Waals surface area contributed by atoms with Crippen molar-refractivity contribution in [1.29, 1.82) is 0 Å². The van der Waals surface area contributed by atoms with E-state index in [4.69, 9.17) is 0 Å². The molecule has 156 valence electrons. The Morgan fingerprint density at radius 2 is 1.80 bits per heavy atom. The van der Waals surface area contributed by atoms with Crippen molar-refractivity contribution in [1.82, 2.24) is 4.98 Å². The lowest BCUT2D eigenvalue weighted by molar-refractivity contribution is -0.147. The molecule has 0 unspecified atom stereocenters. The van der Waals surface area contributed by atoms with E-state index in [1.807, 2.05) is 12.1 Å². The standard InChI is InChI=1S/C22H22FN3O3S/c1-22(2,20(27)28)12-11-19-24-13-18(30-19)14-7-9-15(10-8-14)25-21(29)26-17-6-4-3-5-16(17)23/h3-10,13H,11-12H2,1-2H3,(H,27,28)(H2,25,26,29). The minimum Gasteiger partial charge on any atom is -0.481 e. The number of nitrogens with one attached hydrogen (secondary N) is 2. The van der Waals surface area contributed by atoms with Gasteiger partial charge in [-0.15, -0.1) is 11.3 Å². The van der Waals surface area contributed by atoms with Crippen molar-refractivity contribution in [3.63, 3.8) is 0 Å². The van der Waals surface area contributed by atoms with E-state index in [1.54, 1.807) is 44.3 Å². The Morgan fingerprint density at radius 1 is 1.10 bits per heavy atom. The lowest BCUT2D eigenvalue weighted by atomic mass is 9.88. The van der Waals surface area contributed by atoms with Crippen molar-refractivity contribution < 1.29 is 19.1 Å². The highest BCUT2D eigenvalue weighted by Crippen LogP contribution is 2.30. The second-order valence-corrected chi connectivity index (χ2v) is 8.56. The third-order valence-electron chi connectivity index (χ3n) is 4.65. The fourth-order valence-corrected chi connectivity index (χ4v) is 3.57. The summed E-state index contributed by atoms with van der Waals surface area (Å²) in [6.45, 7) is 3.41. The number of nitrogens with zero attached hydrogens (tertiary/aromatic N) is 1. The molecule has 2 amide bonds. The van der Waals surface area contributed by atoms with Crippen LogP contribution in [0.15, 0.2) is 54.7 Å². The number of para-hydroxylation sites is 1. The van der Waals surface area contributed by atoms with Crippen LogP contribution in [0.1, 0.15) is 25.3 Å². The van der Waals surface area contributed by atoms with E-state index in [-0.39, 0.29) is 5.69 Å². The number of rotatable bonds is 7. The third kappa shape index (κ3) is 5.42. The van der Waals surface area contributed by atoms with Gasteiger partial charge in [0, 0.05) is 18.3 Å². The first-order chi connectivity index (χ1) is 14.2. The Bertz CT molecular complexity index is 1050. The monoisotopic (exact) mass is 427 g/mol. The van der Waals surface area contributed by atoms with Gasteiger partial charge in [0.15, 0.2) is 0 Å². The first-order valence-electron chi connectivity index (χ1n) is 9.36. The van der Waals surface area contributed by atoms with E-state index in [9.17, 15) is 19.1 Å². The molecule has 1 aromatic heterocycles. The summed E-state index contributed by atoms with van der Waals surface area (Å²) in [6.07, 6.45) is 2.87. The molecule has 0 bridgehead atoms. The lowest BCUT2D eigenvalue weighted by Crippen LogP contribution is -2.24. The smallest absolute Gasteiger partial charge is 0.323 e. The number of hydrogen-bond acceptors (Lipinski definition) is 4. The Kier molecular flexibility index (Phi) is 6.47. The zero-order chi connectivity index (χ0) is 21.7. The van der Waals surface area contributed by atoms with Crippen LogP contribution in [0.2, 0.25) is 0 Å². The number of aryl methyl sites for hydroxylation is 1. The number of hydrogen-bond donors (Lipinski definition) is 3. The maximum Gasteiger partial charge on any atom is 0.323 e. The number of aromatic nitrogens is 1. The van der Waals surface area contributed by atoms with Gasteiger partial charge >= 0.3 is 12.0 Å². The molecule has 30 heavy (non-hydrogen) atoms. The van der Waals surface area contributed by atoms with Gasteiger partial charge in [-0.1, -0.05) is 24.3 Å². The molecule has 0 spiro atoms. The first-order valence-corrected chi connectivity index (χ1v) is 10.2. The van der Waals surface area contributed by atoms with E-state index in [1.165, 1.54) is 23.5 Å². The molecular formula is C22H22FN3O3S. The minimum absolute atomic E-state index is 0.106. The number of halogens is 1. The summed E-state index contributed by atoms with van der Waals surface area (Å²) in [4.78, 5) is 28.6. The SMILES string of the molecule is CC(C)(CCc1ncc(-c2ccc(NC(=O)Nc3ccccc3F)cc2)s1)C(=O)O. The average Bonchev–Trinajstić information content (AvgIpc) is 3.18. The number of amides is 2. The number of urea groups is 1. The number of carboxylic acids is 1. The van der Waals surface area contributed by atoms with Crippen LogP contribution < -0.4 is 10.6 Å². The zero-order valence-corrected chi connectivity index (χ0v) is 17.4. The molecule has 0 saturated carbocycles. The Labute approximate surface area is 177 Å². The van der Waals surface area contributed by atoms with Crippen molar-refractivity contribution >= 4 is 34.7 Å². The predicted molar refractivity (Wildman–Crippen MR) is 116 cm³/mol. The van der Waals surface area contributed by atoms with Gasteiger partial charge in [0.25, 0.3) is 0 Å². The maximum atomic E-state index is 13.6. The van der Waals surface area contributed by atoms with Gasteiger partial charge in [-0.3, -0.25) is 4.79 Å². The first kappa shape index (κ1) is 21.4. The molecule has 0 radical (unpaired) electrons. The molecule has 3 N–H and O–H groups in total. The summed E-state index contributed by atoms with van der Waals surface area (Å²) in [5.41, 5.74) is 0.828. The molecule has 3 rings (SSSR count). The van der Waals surface area contributed by atoms with Gasteiger partial charge in [0.1, 0.15) is 5.82 Å². The van der Waals surface area contributed by atoms with Crippen LogP contribution in [0, 0.1) is 11.2 Å². The van der Waals surface area contributed by atoms with Crippen molar-refractivity contribution in [2.75, 3.05) is 10.6 Å². The molecule has 0 atom stereocenters. The normalized spacial score (nSPS) is 11.2. The van der Waals surface area contributed by atoms with Crippen LogP contribution in [0.5, 0.6) is 0 Å². The molecule has 1 heterocycles. The summed E-state index contributed by atoms with van der Waals surface area (Å²) in [5.74, 6) is -1.32. The van der Waals surface area contributed by atoms with Crippen LogP contribution in [0.3, 0.4) is 0 Å². The number of carbonyl (C=O) groups excluding carboxylic acids is 1. The molecular weight excluding hydrogens is 405 g/mol. The number of carbonyl (C=O) groups is 2. The second-order valence-electron chi connectivity index (χ2n) is 7.44. The molecule has 3 aromatic rings. The van der Waals surface area contributed by atoms with Crippen molar-refractivity contribution in [3.8, 4) is 10.4 Å². The van der Waals surface area contributed by atoms with Crippen LogP contribution in [0.25, 0.3) is 10.4 Å². The topological polar surface area (TPSA) is 91.3 Å². The highest BCUT2D eigenvalue weighted by molar-refractivity contribution is 7.15. The van der Waals surface area contributed by atoms with Crippen molar-refractivity contribution in [2.24, 2.45) is 5.41 Å². The Hall–Kier alpha value is -3.26. The van der Waals surface area contributed by atoms with Crippen LogP contribution in [0.4, 0.5) is 20.6 Å². The maximum absolute atomic E-state index is 13.6. The molecule has 0 aliphatic rings. The Morgan fingerprint density at radius 3 is 2.47 bits per heavy atom. The molecule has 0 aliphatic carbocycles. The number of anilines is 2. The molecule has 6 nitrogen and oxygen atoms in total. The summed E-state index contributed by atoms with van der Waals surface area (Å²) in [6, 6.07) is 12.6. The predicted octanol–water partition coefficient (Wildman–Crippen LogP) is 5.64. The highest BCUT2D eigenvalue weighted by atomic mass is 32.1. The van der Waals surface area contributed by atoms with Crippen molar-refractivity contribution in [2.45, 2.75) is 26.7 Å². The second kappa shape index (κ2) is 9.04. The highest BCUT2D eigenvalue weighted by Gasteiger charge is 2.27. The Balaban J connectivity index is 1.59. The molecule has 0 saturated heterocycles. The molecule has 0 aliphatic heterocycles. The number of benzene rings is 2. The van der Waals surface area contributed by atoms with E-state index in [0.717, 1.165) is 15.4 Å². The van der Waals surface area contributed by atoms with E-state index in [2.05, 4.69) is 15.6 Å². The van der Waals surface area contributed by atoms with Gasteiger partial charge in [-0.2, -0.15) is 0 Å². The van der Waals surface area contributed by atoms with E-state index in [0.29, 0.717) is 18.5 Å². The molecule has 2 aromatic carbocycles. The van der Waals surface area contributed by atoms with Crippen LogP contribution in [-0.2, 0) is 11.2 Å². The number of carboxylic acid groups (broad SMARTS) is 1. The fourth-order valence-electron chi connectivity index (χ4n) is 2.65. The van der Waals surface area contributed by atoms with E-state index < -0.39 is 23.2 Å². The van der Waals surface area contributed by atoms with Gasteiger partial charge in [0.2, 0.25) is 0 Å². The zero-order valence-electron chi connectivity index (χ0n) is 16.6. The quantitative estimate of drug-likeness (QED) is 0.455. The summed E-state index contributed by atoms with van der Waals surface area (Å²) in [5, 5.41) is 15.2. The molecule has 0 fully saturated rings. The van der Waals surface area contributed by atoms with Crippen molar-refractivity contribution in [3.05, 3.63) is 65.6 Å².